The van der Waals surface area contributed by atoms with E-state index in [0.29, 0.717) is 6.04 Å². The van der Waals surface area contributed by atoms with Crippen molar-refractivity contribution in [3.8, 4) is 0 Å². The van der Waals surface area contributed by atoms with Crippen LogP contribution in [0.4, 0.5) is 5.69 Å². The Morgan fingerprint density at radius 3 is 2.50 bits per heavy atom. The van der Waals surface area contributed by atoms with Crippen LogP contribution in [-0.2, 0) is 6.54 Å². The number of aryl methyl sites for hydroxylation is 1. The Morgan fingerprint density at radius 2 is 1.95 bits per heavy atom. The molecule has 2 N–H and O–H groups in total. The van der Waals surface area contributed by atoms with Crippen LogP contribution in [0.2, 0.25) is 0 Å². The SMILES string of the molecule is CN=C(NCc1ccc(N(C)C)cc1C)NC1CCCC1.I. The summed E-state index contributed by atoms with van der Waals surface area (Å²) < 4.78 is 0. The Morgan fingerprint density at radius 1 is 1.27 bits per heavy atom. The molecule has 1 aromatic rings. The second kappa shape index (κ2) is 9.22. The number of hydrogen-bond acceptors (Lipinski definition) is 2. The van der Waals surface area contributed by atoms with Gasteiger partial charge in [-0.2, -0.15) is 0 Å². The Labute approximate surface area is 151 Å². The Bertz CT molecular complexity index is 493. The van der Waals surface area contributed by atoms with E-state index in [1.54, 1.807) is 0 Å². The zero-order valence-electron chi connectivity index (χ0n) is 14.1. The topological polar surface area (TPSA) is 39.7 Å². The van der Waals surface area contributed by atoms with Crippen LogP contribution in [0, 0.1) is 6.92 Å². The minimum Gasteiger partial charge on any atom is -0.378 e. The predicted molar refractivity (Wildman–Crippen MR) is 107 cm³/mol. The van der Waals surface area contributed by atoms with Crippen LogP contribution < -0.4 is 15.5 Å². The van der Waals surface area contributed by atoms with E-state index < -0.39 is 0 Å². The highest BCUT2D eigenvalue weighted by Gasteiger charge is 2.15. The zero-order valence-corrected chi connectivity index (χ0v) is 16.5. The monoisotopic (exact) mass is 416 g/mol. The van der Waals surface area contributed by atoms with Crippen molar-refractivity contribution in [3.05, 3.63) is 29.3 Å². The minimum absolute atomic E-state index is 0. The summed E-state index contributed by atoms with van der Waals surface area (Å²) in [5.41, 5.74) is 3.87. The van der Waals surface area contributed by atoms with Gasteiger partial charge in [-0.3, -0.25) is 4.99 Å². The van der Waals surface area contributed by atoms with E-state index in [2.05, 4.69) is 59.7 Å². The lowest BCUT2D eigenvalue weighted by atomic mass is 10.1. The molecule has 1 aromatic carbocycles. The van der Waals surface area contributed by atoms with E-state index in [0.717, 1.165) is 12.5 Å². The lowest BCUT2D eigenvalue weighted by Gasteiger charge is -2.18. The van der Waals surface area contributed by atoms with Crippen LogP contribution in [0.15, 0.2) is 23.2 Å². The van der Waals surface area contributed by atoms with E-state index >= 15 is 0 Å². The van der Waals surface area contributed by atoms with Crippen LogP contribution in [-0.4, -0.2) is 33.1 Å². The molecule has 0 spiro atoms. The van der Waals surface area contributed by atoms with E-state index in [9.17, 15) is 0 Å². The van der Waals surface area contributed by atoms with Gasteiger partial charge in [0.15, 0.2) is 5.96 Å². The van der Waals surface area contributed by atoms with Gasteiger partial charge in [0, 0.05) is 39.4 Å². The number of hydrogen-bond donors (Lipinski definition) is 2. The molecular weight excluding hydrogens is 387 g/mol. The average Bonchev–Trinajstić information content (AvgIpc) is 2.97. The molecule has 124 valence electrons. The molecular formula is C17H29IN4. The third-order valence-electron chi connectivity index (χ3n) is 4.21. The van der Waals surface area contributed by atoms with Crippen molar-refractivity contribution < 1.29 is 0 Å². The Balaban J connectivity index is 0.00000242. The van der Waals surface area contributed by atoms with Gasteiger partial charge >= 0.3 is 0 Å². The smallest absolute Gasteiger partial charge is 0.191 e. The van der Waals surface area contributed by atoms with Crippen LogP contribution in [0.1, 0.15) is 36.8 Å². The fourth-order valence-electron chi connectivity index (χ4n) is 2.79. The molecule has 1 fully saturated rings. The van der Waals surface area contributed by atoms with E-state index in [4.69, 9.17) is 0 Å². The molecule has 4 nitrogen and oxygen atoms in total. The van der Waals surface area contributed by atoms with Gasteiger partial charge in [0.25, 0.3) is 0 Å². The normalized spacial score (nSPS) is 15.4. The first-order chi connectivity index (χ1) is 10.1. The highest BCUT2D eigenvalue weighted by molar-refractivity contribution is 14.0. The standard InChI is InChI=1S/C17H28N4.HI/c1-13-11-16(21(3)4)10-9-14(13)12-19-17(18-2)20-15-7-5-6-8-15;/h9-11,15H,5-8,12H2,1-4H3,(H2,18,19,20);1H. The Kier molecular flexibility index (Phi) is 8.00. The fourth-order valence-corrected chi connectivity index (χ4v) is 2.79. The van der Waals surface area contributed by atoms with E-state index in [-0.39, 0.29) is 24.0 Å². The molecule has 0 aromatic heterocycles. The summed E-state index contributed by atoms with van der Waals surface area (Å²) in [4.78, 5) is 6.46. The first-order valence-corrected chi connectivity index (χ1v) is 7.84. The quantitative estimate of drug-likeness (QED) is 0.450. The number of benzene rings is 1. The van der Waals surface area contributed by atoms with Crippen LogP contribution in [0.5, 0.6) is 0 Å². The van der Waals surface area contributed by atoms with Crippen molar-refractivity contribution in [2.75, 3.05) is 26.0 Å². The molecule has 5 heteroatoms. The van der Waals surface area contributed by atoms with Gasteiger partial charge in [0.1, 0.15) is 0 Å². The van der Waals surface area contributed by atoms with Crippen molar-refractivity contribution in [2.24, 2.45) is 4.99 Å². The van der Waals surface area contributed by atoms with E-state index in [1.165, 1.54) is 42.5 Å². The number of nitrogens with zero attached hydrogens (tertiary/aromatic N) is 2. The lowest BCUT2D eigenvalue weighted by Crippen LogP contribution is -2.42. The summed E-state index contributed by atoms with van der Waals surface area (Å²) >= 11 is 0. The molecule has 0 saturated heterocycles. The van der Waals surface area contributed by atoms with Gasteiger partial charge in [-0.1, -0.05) is 18.9 Å². The second-order valence-corrected chi connectivity index (χ2v) is 6.06. The highest BCUT2D eigenvalue weighted by atomic mass is 127. The fraction of sp³-hybridized carbons (Fsp3) is 0.588. The molecule has 0 radical (unpaired) electrons. The number of guanidine groups is 1. The van der Waals surface area contributed by atoms with Gasteiger partial charge in [-0.15, -0.1) is 24.0 Å². The first kappa shape index (κ1) is 19.1. The molecule has 1 aliphatic carbocycles. The average molecular weight is 416 g/mol. The van der Waals surface area contributed by atoms with Crippen molar-refractivity contribution in [2.45, 2.75) is 45.2 Å². The van der Waals surface area contributed by atoms with Crippen molar-refractivity contribution >= 4 is 35.6 Å². The largest absolute Gasteiger partial charge is 0.378 e. The van der Waals surface area contributed by atoms with Crippen molar-refractivity contribution in [1.29, 1.82) is 0 Å². The molecule has 0 aliphatic heterocycles. The predicted octanol–water partition coefficient (Wildman–Crippen LogP) is 3.29. The molecule has 0 amide bonds. The third kappa shape index (κ3) is 5.34. The number of anilines is 1. The van der Waals surface area contributed by atoms with Gasteiger partial charge in [-0.05, 0) is 43.0 Å². The molecule has 1 aliphatic rings. The van der Waals surface area contributed by atoms with Crippen molar-refractivity contribution in [3.63, 3.8) is 0 Å². The molecule has 0 bridgehead atoms. The molecule has 1 saturated carbocycles. The lowest BCUT2D eigenvalue weighted by molar-refractivity contribution is 0.613. The summed E-state index contributed by atoms with van der Waals surface area (Å²) in [7, 11) is 5.98. The second-order valence-electron chi connectivity index (χ2n) is 6.06. The molecule has 0 heterocycles. The van der Waals surface area contributed by atoms with Crippen LogP contribution >= 0.6 is 24.0 Å². The number of aliphatic imine (C=N–C) groups is 1. The van der Waals surface area contributed by atoms with Crippen LogP contribution in [0.3, 0.4) is 0 Å². The van der Waals surface area contributed by atoms with Gasteiger partial charge in [0.2, 0.25) is 0 Å². The van der Waals surface area contributed by atoms with Crippen LogP contribution in [0.25, 0.3) is 0 Å². The Hall–Kier alpha value is -0.980. The maximum atomic E-state index is 4.33. The summed E-state index contributed by atoms with van der Waals surface area (Å²) in [5.74, 6) is 0.915. The highest BCUT2D eigenvalue weighted by Crippen LogP contribution is 2.18. The number of nitrogens with one attached hydrogen (secondary N) is 2. The van der Waals surface area contributed by atoms with Crippen molar-refractivity contribution in [1.82, 2.24) is 10.6 Å². The maximum absolute atomic E-state index is 4.33. The molecule has 2 rings (SSSR count). The maximum Gasteiger partial charge on any atom is 0.191 e. The van der Waals surface area contributed by atoms with Gasteiger partial charge in [-0.25, -0.2) is 0 Å². The van der Waals surface area contributed by atoms with Gasteiger partial charge in [0.05, 0.1) is 0 Å². The summed E-state index contributed by atoms with van der Waals surface area (Å²) in [6.07, 6.45) is 5.19. The number of rotatable bonds is 4. The van der Waals surface area contributed by atoms with E-state index in [1.807, 2.05) is 7.05 Å². The number of halogens is 1. The molecule has 0 unspecified atom stereocenters. The molecule has 22 heavy (non-hydrogen) atoms. The zero-order chi connectivity index (χ0) is 15.2. The third-order valence-corrected chi connectivity index (χ3v) is 4.21. The van der Waals surface area contributed by atoms with Gasteiger partial charge < -0.3 is 15.5 Å². The minimum atomic E-state index is 0. The summed E-state index contributed by atoms with van der Waals surface area (Å²) in [6.45, 7) is 2.98. The summed E-state index contributed by atoms with van der Waals surface area (Å²) in [6, 6.07) is 7.18. The molecule has 0 atom stereocenters. The summed E-state index contributed by atoms with van der Waals surface area (Å²) in [5, 5.41) is 6.94. The first-order valence-electron chi connectivity index (χ1n) is 7.84.